The highest BCUT2D eigenvalue weighted by Gasteiger charge is 2.19. The highest BCUT2D eigenvalue weighted by Crippen LogP contribution is 2.33. The van der Waals surface area contributed by atoms with Crippen molar-refractivity contribution in [2.45, 2.75) is 26.7 Å². The molecule has 0 bridgehead atoms. The van der Waals surface area contributed by atoms with Crippen LogP contribution in [0.1, 0.15) is 30.9 Å². The summed E-state index contributed by atoms with van der Waals surface area (Å²) in [7, 11) is 0. The molecule has 0 saturated heterocycles. The summed E-state index contributed by atoms with van der Waals surface area (Å²) in [5.74, 6) is -2.18. The van der Waals surface area contributed by atoms with Crippen LogP contribution in [0, 0.1) is 18.6 Å². The monoisotopic (exact) mass is 335 g/mol. The number of allylic oxidation sites excluding steroid dienone is 2. The van der Waals surface area contributed by atoms with Crippen molar-refractivity contribution < 1.29 is 13.6 Å². The third-order valence-corrected chi connectivity index (χ3v) is 3.64. The highest BCUT2D eigenvalue weighted by atomic mass is 19.1. The molecule has 0 spiro atoms. The van der Waals surface area contributed by atoms with Crippen LogP contribution in [0.15, 0.2) is 41.6 Å². The normalized spacial score (nSPS) is 12.8. The van der Waals surface area contributed by atoms with Crippen LogP contribution >= 0.6 is 0 Å². The lowest BCUT2D eigenvalue weighted by Gasteiger charge is -2.18. The van der Waals surface area contributed by atoms with Crippen LogP contribution in [-0.4, -0.2) is 12.5 Å². The molecule has 1 amide bonds. The molecule has 0 heterocycles. The van der Waals surface area contributed by atoms with Gasteiger partial charge in [0.2, 0.25) is 5.91 Å². The van der Waals surface area contributed by atoms with Gasteiger partial charge in [-0.15, -0.1) is 0 Å². The number of amides is 1. The maximum Gasteiger partial charge on any atom is 0.248 e. The number of hydrogen-bond acceptors (Lipinski definition) is 3. The van der Waals surface area contributed by atoms with Crippen LogP contribution in [0.3, 0.4) is 0 Å². The largest absolute Gasteiger partial charge is 0.402 e. The average Bonchev–Trinajstić information content (AvgIpc) is 2.49. The van der Waals surface area contributed by atoms with Crippen molar-refractivity contribution >= 4 is 11.5 Å². The summed E-state index contributed by atoms with van der Waals surface area (Å²) in [5.41, 5.74) is 18.9. The first-order chi connectivity index (χ1) is 11.2. The molecule has 0 aliphatic carbocycles. The van der Waals surface area contributed by atoms with Gasteiger partial charge in [-0.1, -0.05) is 13.5 Å². The number of carbonyl (C=O) groups excluding carboxylic acids is 1. The summed E-state index contributed by atoms with van der Waals surface area (Å²) in [6.45, 7) is 7.28. The van der Waals surface area contributed by atoms with Gasteiger partial charge in [-0.05, 0) is 55.2 Å². The van der Waals surface area contributed by atoms with Crippen molar-refractivity contribution in [2.75, 3.05) is 6.54 Å². The number of benzene rings is 1. The smallest absolute Gasteiger partial charge is 0.248 e. The fourth-order valence-electron chi connectivity index (χ4n) is 2.42. The Morgan fingerprint density at radius 1 is 1.29 bits per heavy atom. The Labute approximate surface area is 140 Å². The van der Waals surface area contributed by atoms with Gasteiger partial charge in [0.1, 0.15) is 11.6 Å². The standard InChI is InChI=1S/C18H23F2N3O/c1-4-16(22)13(5-6-21)14(8-11(3)18(23)24)17-10(2)7-12(19)9-15(17)20/h7-9H,3-6,21-22H2,1-2H3,(H2,23,24)/b14-8+,16-13-. The number of nitrogens with two attached hydrogens (primary N) is 3. The van der Waals surface area contributed by atoms with E-state index in [0.717, 1.165) is 6.07 Å². The Morgan fingerprint density at radius 3 is 2.38 bits per heavy atom. The van der Waals surface area contributed by atoms with Crippen LogP contribution in [-0.2, 0) is 4.79 Å². The van der Waals surface area contributed by atoms with E-state index in [2.05, 4.69) is 6.58 Å². The van der Waals surface area contributed by atoms with Crippen LogP contribution < -0.4 is 17.2 Å². The van der Waals surface area contributed by atoms with E-state index < -0.39 is 17.5 Å². The zero-order chi connectivity index (χ0) is 18.4. The lowest BCUT2D eigenvalue weighted by molar-refractivity contribution is -0.114. The second-order valence-electron chi connectivity index (χ2n) is 5.42. The molecule has 0 fully saturated rings. The summed E-state index contributed by atoms with van der Waals surface area (Å²) in [5, 5.41) is 0. The van der Waals surface area contributed by atoms with Gasteiger partial charge in [-0.2, -0.15) is 0 Å². The van der Waals surface area contributed by atoms with Gasteiger partial charge in [0.15, 0.2) is 0 Å². The number of halogens is 2. The van der Waals surface area contributed by atoms with Crippen LogP contribution in [0.5, 0.6) is 0 Å². The molecular weight excluding hydrogens is 312 g/mol. The topological polar surface area (TPSA) is 95.1 Å². The fraction of sp³-hybridized carbons (Fsp3) is 0.278. The van der Waals surface area contributed by atoms with Crippen LogP contribution in [0.4, 0.5) is 8.78 Å². The van der Waals surface area contributed by atoms with E-state index in [1.54, 1.807) is 6.92 Å². The van der Waals surface area contributed by atoms with Crippen molar-refractivity contribution in [3.05, 3.63) is 64.4 Å². The first-order valence-electron chi connectivity index (χ1n) is 7.57. The summed E-state index contributed by atoms with van der Waals surface area (Å²) in [6.07, 6.45) is 2.25. The van der Waals surface area contributed by atoms with Crippen molar-refractivity contribution in [1.29, 1.82) is 0 Å². The lowest BCUT2D eigenvalue weighted by atomic mass is 9.88. The molecule has 0 saturated carbocycles. The van der Waals surface area contributed by atoms with E-state index in [1.807, 2.05) is 6.92 Å². The second-order valence-corrected chi connectivity index (χ2v) is 5.42. The lowest BCUT2D eigenvalue weighted by Crippen LogP contribution is -2.14. The molecule has 1 aromatic rings. The Morgan fingerprint density at radius 2 is 1.92 bits per heavy atom. The summed E-state index contributed by atoms with van der Waals surface area (Å²) < 4.78 is 27.9. The van der Waals surface area contributed by atoms with Gasteiger partial charge in [0, 0.05) is 22.9 Å². The molecule has 0 aliphatic rings. The maximum absolute atomic E-state index is 14.5. The number of aryl methyl sites for hydroxylation is 1. The van der Waals surface area contributed by atoms with Gasteiger partial charge in [-0.3, -0.25) is 4.79 Å². The molecule has 0 atom stereocenters. The number of hydrogen-bond donors (Lipinski definition) is 3. The Bertz CT molecular complexity index is 698. The molecule has 1 aromatic carbocycles. The number of carbonyl (C=O) groups is 1. The number of rotatable bonds is 7. The van der Waals surface area contributed by atoms with Crippen molar-refractivity contribution in [3.63, 3.8) is 0 Å². The predicted molar refractivity (Wildman–Crippen MR) is 92.6 cm³/mol. The quantitative estimate of drug-likeness (QED) is 0.528. The van der Waals surface area contributed by atoms with Crippen molar-refractivity contribution in [3.8, 4) is 0 Å². The Kier molecular flexibility index (Phi) is 6.85. The summed E-state index contributed by atoms with van der Waals surface area (Å²) in [4.78, 5) is 11.4. The zero-order valence-electron chi connectivity index (χ0n) is 14.0. The van der Waals surface area contributed by atoms with E-state index in [-0.39, 0.29) is 17.7 Å². The molecule has 0 aliphatic heterocycles. The van der Waals surface area contributed by atoms with E-state index in [0.29, 0.717) is 35.2 Å². The molecule has 0 aromatic heterocycles. The zero-order valence-corrected chi connectivity index (χ0v) is 14.0. The molecule has 24 heavy (non-hydrogen) atoms. The molecule has 4 nitrogen and oxygen atoms in total. The van der Waals surface area contributed by atoms with Crippen molar-refractivity contribution in [1.82, 2.24) is 0 Å². The van der Waals surface area contributed by atoms with Gasteiger partial charge in [-0.25, -0.2) is 8.78 Å². The van der Waals surface area contributed by atoms with Crippen molar-refractivity contribution in [2.24, 2.45) is 17.2 Å². The first-order valence-corrected chi connectivity index (χ1v) is 7.57. The minimum absolute atomic E-state index is 0.00782. The molecule has 1 rings (SSSR count). The minimum Gasteiger partial charge on any atom is -0.402 e. The van der Waals surface area contributed by atoms with E-state index >= 15 is 0 Å². The molecule has 6 N–H and O–H groups in total. The van der Waals surface area contributed by atoms with E-state index in [9.17, 15) is 13.6 Å². The molecule has 0 unspecified atom stereocenters. The molecule has 6 heteroatoms. The van der Waals surface area contributed by atoms with Gasteiger partial charge < -0.3 is 17.2 Å². The second kappa shape index (κ2) is 8.40. The highest BCUT2D eigenvalue weighted by molar-refractivity contribution is 5.98. The Hall–Kier alpha value is -2.47. The SMILES string of the molecule is C=C(/C=C(\C(CCN)=C(/N)CC)c1c(C)cc(F)cc1F)C(N)=O. The average molecular weight is 335 g/mol. The third kappa shape index (κ3) is 4.52. The van der Waals surface area contributed by atoms with E-state index in [1.165, 1.54) is 12.1 Å². The molecule has 0 radical (unpaired) electrons. The van der Waals surface area contributed by atoms with Crippen LogP contribution in [0.2, 0.25) is 0 Å². The number of primary amides is 1. The predicted octanol–water partition coefficient (Wildman–Crippen LogP) is 2.67. The fourth-order valence-corrected chi connectivity index (χ4v) is 2.42. The molecule has 130 valence electrons. The Balaban J connectivity index is 3.75. The van der Waals surface area contributed by atoms with Gasteiger partial charge in [0.05, 0.1) is 0 Å². The van der Waals surface area contributed by atoms with Gasteiger partial charge >= 0.3 is 0 Å². The van der Waals surface area contributed by atoms with Crippen LogP contribution in [0.25, 0.3) is 5.57 Å². The summed E-state index contributed by atoms with van der Waals surface area (Å²) in [6, 6.07) is 1.99. The van der Waals surface area contributed by atoms with E-state index in [4.69, 9.17) is 17.2 Å². The molecular formula is C18H23F2N3O. The first kappa shape index (κ1) is 19.6. The summed E-state index contributed by atoms with van der Waals surface area (Å²) >= 11 is 0. The maximum atomic E-state index is 14.5. The minimum atomic E-state index is -0.755. The third-order valence-electron chi connectivity index (χ3n) is 3.64. The van der Waals surface area contributed by atoms with Gasteiger partial charge in [0.25, 0.3) is 0 Å².